The Kier molecular flexibility index (Phi) is 4.39. The van der Waals surface area contributed by atoms with E-state index in [-0.39, 0.29) is 12.4 Å². The van der Waals surface area contributed by atoms with Gasteiger partial charge < -0.3 is 12.4 Å². The van der Waals surface area contributed by atoms with Crippen molar-refractivity contribution < 1.29 is 16.9 Å². The van der Waals surface area contributed by atoms with Gasteiger partial charge in [0.05, 0.1) is 19.6 Å². The molecule has 0 amide bonds. The molecule has 0 bridgehead atoms. The van der Waals surface area contributed by atoms with E-state index in [4.69, 9.17) is 4.99 Å². The SMILES string of the molecule is CC[N+]12CCCCCC1=NCCC2.[Cl-]. The maximum absolute atomic E-state index is 4.74. The van der Waals surface area contributed by atoms with Crippen LogP contribution in [0.5, 0.6) is 0 Å². The highest BCUT2D eigenvalue weighted by Gasteiger charge is 2.35. The fourth-order valence-electron chi connectivity index (χ4n) is 2.79. The molecule has 2 heterocycles. The Morgan fingerprint density at radius 1 is 1.14 bits per heavy atom. The number of rotatable bonds is 1. The largest absolute Gasteiger partial charge is 1.00 e. The van der Waals surface area contributed by atoms with Crippen LogP contribution >= 0.6 is 0 Å². The highest BCUT2D eigenvalue weighted by molar-refractivity contribution is 5.76. The zero-order valence-corrected chi connectivity index (χ0v) is 9.89. The topological polar surface area (TPSA) is 12.4 Å². The fraction of sp³-hybridized carbons (Fsp3) is 0.909. The van der Waals surface area contributed by atoms with Gasteiger partial charge in [-0.15, -0.1) is 0 Å². The minimum Gasteiger partial charge on any atom is -1.00 e. The lowest BCUT2D eigenvalue weighted by atomic mass is 10.2. The lowest BCUT2D eigenvalue weighted by Gasteiger charge is -2.39. The molecule has 2 rings (SSSR count). The number of fused-ring (bicyclic) bond motifs is 1. The molecule has 0 saturated carbocycles. The van der Waals surface area contributed by atoms with Crippen molar-refractivity contribution in [2.45, 2.75) is 39.0 Å². The highest BCUT2D eigenvalue weighted by atomic mass is 35.5. The van der Waals surface area contributed by atoms with Crippen LogP contribution in [0.2, 0.25) is 0 Å². The zero-order valence-electron chi connectivity index (χ0n) is 9.14. The molecule has 1 fully saturated rings. The molecule has 0 aliphatic carbocycles. The second-order valence-corrected chi connectivity index (χ2v) is 4.37. The fourth-order valence-corrected chi connectivity index (χ4v) is 2.79. The van der Waals surface area contributed by atoms with Crippen LogP contribution in [-0.4, -0.2) is 36.5 Å². The number of quaternary nitrogens is 1. The van der Waals surface area contributed by atoms with E-state index in [1.54, 1.807) is 0 Å². The Morgan fingerprint density at radius 3 is 2.71 bits per heavy atom. The molecule has 0 aromatic rings. The monoisotopic (exact) mass is 216 g/mol. The summed E-state index contributed by atoms with van der Waals surface area (Å²) < 4.78 is 1.24. The van der Waals surface area contributed by atoms with Gasteiger partial charge in [0, 0.05) is 19.4 Å². The molecule has 0 aromatic heterocycles. The number of amidine groups is 1. The first-order chi connectivity index (χ1) is 6.37. The minimum atomic E-state index is 0. The summed E-state index contributed by atoms with van der Waals surface area (Å²) in [6, 6.07) is 0. The van der Waals surface area contributed by atoms with Crippen molar-refractivity contribution in [2.24, 2.45) is 4.99 Å². The van der Waals surface area contributed by atoms with Gasteiger partial charge in [-0.3, -0.25) is 4.48 Å². The van der Waals surface area contributed by atoms with Crippen LogP contribution in [0.3, 0.4) is 0 Å². The molecule has 0 aromatic carbocycles. The van der Waals surface area contributed by atoms with E-state index >= 15 is 0 Å². The molecule has 1 saturated heterocycles. The van der Waals surface area contributed by atoms with Gasteiger partial charge in [-0.2, -0.15) is 0 Å². The van der Waals surface area contributed by atoms with Crippen LogP contribution in [0.25, 0.3) is 0 Å². The van der Waals surface area contributed by atoms with E-state index in [0.29, 0.717) is 0 Å². The lowest BCUT2D eigenvalue weighted by Crippen LogP contribution is -3.00. The first-order valence-corrected chi connectivity index (χ1v) is 5.77. The summed E-state index contributed by atoms with van der Waals surface area (Å²) in [5.41, 5.74) is 0. The normalized spacial score (nSPS) is 32.2. The average Bonchev–Trinajstić information content (AvgIpc) is 2.40. The lowest BCUT2D eigenvalue weighted by molar-refractivity contribution is -0.843. The summed E-state index contributed by atoms with van der Waals surface area (Å²) in [5.74, 6) is 1.52. The van der Waals surface area contributed by atoms with Crippen LogP contribution in [0.15, 0.2) is 4.99 Å². The quantitative estimate of drug-likeness (QED) is 0.510. The van der Waals surface area contributed by atoms with Gasteiger partial charge in [0.25, 0.3) is 0 Å². The molecule has 3 heteroatoms. The summed E-state index contributed by atoms with van der Waals surface area (Å²) >= 11 is 0. The van der Waals surface area contributed by atoms with E-state index in [9.17, 15) is 0 Å². The Bertz CT molecular complexity index is 215. The van der Waals surface area contributed by atoms with E-state index in [2.05, 4.69) is 6.92 Å². The van der Waals surface area contributed by atoms with Gasteiger partial charge in [0.15, 0.2) is 5.84 Å². The number of halogens is 1. The number of aliphatic imine (C=N–C) groups is 1. The first kappa shape index (κ1) is 12.0. The molecule has 2 nitrogen and oxygen atoms in total. The third-order valence-corrected chi connectivity index (χ3v) is 3.68. The molecule has 14 heavy (non-hydrogen) atoms. The molecule has 2 aliphatic heterocycles. The summed E-state index contributed by atoms with van der Waals surface area (Å²) in [5, 5.41) is 0. The van der Waals surface area contributed by atoms with Gasteiger partial charge in [-0.1, -0.05) is 0 Å². The van der Waals surface area contributed by atoms with E-state index in [1.807, 2.05) is 0 Å². The van der Waals surface area contributed by atoms with E-state index in [1.165, 1.54) is 62.1 Å². The van der Waals surface area contributed by atoms with Crippen molar-refractivity contribution in [3.05, 3.63) is 0 Å². The smallest absolute Gasteiger partial charge is 0.198 e. The second-order valence-electron chi connectivity index (χ2n) is 4.37. The van der Waals surface area contributed by atoms with Gasteiger partial charge in [-0.05, 0) is 26.2 Å². The summed E-state index contributed by atoms with van der Waals surface area (Å²) in [7, 11) is 0. The highest BCUT2D eigenvalue weighted by Crippen LogP contribution is 2.24. The van der Waals surface area contributed by atoms with Gasteiger partial charge in [0.1, 0.15) is 0 Å². The predicted octanol–water partition coefficient (Wildman–Crippen LogP) is -0.797. The van der Waals surface area contributed by atoms with E-state index < -0.39 is 0 Å². The van der Waals surface area contributed by atoms with Crippen molar-refractivity contribution in [3.63, 3.8) is 0 Å². The number of hydrogen-bond donors (Lipinski definition) is 0. The van der Waals surface area contributed by atoms with Crippen molar-refractivity contribution in [3.8, 4) is 0 Å². The zero-order chi connectivity index (χ0) is 9.15. The standard InChI is InChI=1S/C11H21N2.ClH/c1-2-13-9-5-3-4-7-11(13)12-8-6-10-13;/h2-10H2,1H3;1H/q+1;/p-1. The molecule has 82 valence electrons. The molecule has 0 N–H and O–H groups in total. The maximum atomic E-state index is 4.74. The summed E-state index contributed by atoms with van der Waals surface area (Å²) in [6.07, 6.45) is 6.77. The maximum Gasteiger partial charge on any atom is 0.198 e. The third kappa shape index (κ3) is 2.12. The van der Waals surface area contributed by atoms with Crippen LogP contribution in [0.4, 0.5) is 0 Å². The summed E-state index contributed by atoms with van der Waals surface area (Å²) in [4.78, 5) is 4.74. The average molecular weight is 217 g/mol. The van der Waals surface area contributed by atoms with Crippen LogP contribution in [0, 0.1) is 0 Å². The van der Waals surface area contributed by atoms with Crippen LogP contribution in [-0.2, 0) is 0 Å². The van der Waals surface area contributed by atoms with Crippen molar-refractivity contribution in [2.75, 3.05) is 26.2 Å². The van der Waals surface area contributed by atoms with Crippen LogP contribution < -0.4 is 12.4 Å². The van der Waals surface area contributed by atoms with E-state index in [0.717, 1.165) is 6.54 Å². The van der Waals surface area contributed by atoms with Gasteiger partial charge in [0.2, 0.25) is 0 Å². The molecular formula is C11H21ClN2. The minimum absolute atomic E-state index is 0. The van der Waals surface area contributed by atoms with Crippen LogP contribution in [0.1, 0.15) is 39.0 Å². The van der Waals surface area contributed by atoms with Gasteiger partial charge >= 0.3 is 0 Å². The third-order valence-electron chi connectivity index (χ3n) is 3.68. The number of nitrogens with zero attached hydrogens (tertiary/aromatic N) is 2. The van der Waals surface area contributed by atoms with Crippen molar-refractivity contribution in [1.82, 2.24) is 0 Å². The number of hydrogen-bond acceptors (Lipinski definition) is 1. The molecule has 1 unspecified atom stereocenters. The molecule has 1 atom stereocenters. The van der Waals surface area contributed by atoms with Gasteiger partial charge in [-0.25, -0.2) is 4.99 Å². The predicted molar refractivity (Wildman–Crippen MR) is 55.9 cm³/mol. The molecule has 2 aliphatic rings. The van der Waals surface area contributed by atoms with Crippen molar-refractivity contribution >= 4 is 5.84 Å². The Hall–Kier alpha value is -0.0800. The summed E-state index contributed by atoms with van der Waals surface area (Å²) in [6.45, 7) is 7.39. The second kappa shape index (κ2) is 5.13. The van der Waals surface area contributed by atoms with Crippen molar-refractivity contribution in [1.29, 1.82) is 0 Å². The molecule has 0 radical (unpaired) electrons. The Balaban J connectivity index is 0.000000980. The molecular weight excluding hydrogens is 196 g/mol. The molecule has 0 spiro atoms. The first-order valence-electron chi connectivity index (χ1n) is 5.77. The Labute approximate surface area is 93.4 Å². The Morgan fingerprint density at radius 2 is 1.93 bits per heavy atom.